The minimum absolute atomic E-state index is 0.0429. The van der Waals surface area contributed by atoms with Crippen molar-refractivity contribution in [2.24, 2.45) is 23.7 Å². The second-order valence-corrected chi connectivity index (χ2v) is 27.3. The Morgan fingerprint density at radius 2 is 1.06 bits per heavy atom. The van der Waals surface area contributed by atoms with Gasteiger partial charge in [0, 0.05) is 68.2 Å². The molecule has 8 atom stereocenters. The van der Waals surface area contributed by atoms with Gasteiger partial charge in [0.15, 0.2) is 0 Å². The lowest BCUT2D eigenvalue weighted by Gasteiger charge is -2.39. The Kier molecular flexibility index (Phi) is 30.1. The summed E-state index contributed by atoms with van der Waals surface area (Å²) in [5, 5.41) is 10.2. The summed E-state index contributed by atoms with van der Waals surface area (Å²) in [6, 6.07) is -2.33. The zero-order valence-electron chi connectivity index (χ0n) is 57.9. The van der Waals surface area contributed by atoms with E-state index in [1.165, 1.54) is 73.0 Å². The number of halogens is 7. The number of nitrogens with one attached hydrogen (secondary N) is 4. The molecule has 29 heteroatoms. The highest BCUT2D eigenvalue weighted by molar-refractivity contribution is 6.31. The molecule has 11 amide bonds. The van der Waals surface area contributed by atoms with E-state index in [1.807, 2.05) is 27.7 Å². The van der Waals surface area contributed by atoms with Crippen molar-refractivity contribution in [3.8, 4) is 0 Å². The van der Waals surface area contributed by atoms with E-state index in [2.05, 4.69) is 21.3 Å². The first-order chi connectivity index (χ1) is 43.7. The third kappa shape index (κ3) is 23.4. The van der Waals surface area contributed by atoms with E-state index < -0.39 is 173 Å². The largest absolute Gasteiger partial charge is 0.417 e. The summed E-state index contributed by atoms with van der Waals surface area (Å²) in [6.07, 6.45) is -10.2. The minimum Gasteiger partial charge on any atom is -0.343 e. The van der Waals surface area contributed by atoms with Crippen molar-refractivity contribution < 1.29 is 79.1 Å². The van der Waals surface area contributed by atoms with Crippen molar-refractivity contribution in [1.82, 2.24) is 55.6 Å². The number of carbonyl (C=O) groups is 11. The van der Waals surface area contributed by atoms with Crippen LogP contribution < -0.4 is 21.3 Å². The van der Waals surface area contributed by atoms with Crippen molar-refractivity contribution in [1.29, 1.82) is 0 Å². The van der Waals surface area contributed by atoms with Crippen LogP contribution in [0.4, 0.5) is 26.3 Å². The molecule has 0 radical (unpaired) electrons. The van der Waals surface area contributed by atoms with Gasteiger partial charge < -0.3 is 55.6 Å². The first-order valence-electron chi connectivity index (χ1n) is 31.8. The molecule has 1 aliphatic heterocycles. The molecule has 2 aromatic rings. The number of alkyl halides is 6. The van der Waals surface area contributed by atoms with Crippen molar-refractivity contribution in [3.63, 3.8) is 0 Å². The van der Waals surface area contributed by atoms with Gasteiger partial charge in [0.2, 0.25) is 65.0 Å². The van der Waals surface area contributed by atoms with Gasteiger partial charge in [0.1, 0.15) is 41.8 Å². The Bertz CT molecular complexity index is 3060. The quantitative estimate of drug-likeness (QED) is 0.164. The molecule has 0 aromatic heterocycles. The third-order valence-corrected chi connectivity index (χ3v) is 17.7. The average molecular weight is 1370 g/mol. The van der Waals surface area contributed by atoms with Gasteiger partial charge in [-0.15, -0.1) is 0 Å². The fourth-order valence-electron chi connectivity index (χ4n) is 10.6. The Morgan fingerprint density at radius 3 is 1.58 bits per heavy atom. The molecule has 1 aliphatic rings. The van der Waals surface area contributed by atoms with E-state index in [0.717, 1.165) is 67.0 Å². The van der Waals surface area contributed by atoms with E-state index in [1.54, 1.807) is 34.6 Å². The molecule has 3 rings (SSSR count). The van der Waals surface area contributed by atoms with E-state index in [-0.39, 0.29) is 67.4 Å². The average Bonchev–Trinajstić information content (AvgIpc) is 0.834. The summed E-state index contributed by atoms with van der Waals surface area (Å²) >= 11 is 6.06. The maximum atomic E-state index is 14.8. The van der Waals surface area contributed by atoms with Crippen LogP contribution in [0.1, 0.15) is 137 Å². The number of benzene rings is 2. The third-order valence-electron chi connectivity index (χ3n) is 17.3. The molecule has 0 bridgehead atoms. The summed E-state index contributed by atoms with van der Waals surface area (Å²) in [5.74, 6) is -9.81. The maximum Gasteiger partial charge on any atom is 0.417 e. The SMILES string of the molecule is CC[C@H](C)[C@@H]1NC(=O)[C@H](CC(C)C)N(C)C(=O)C[C@@H](C)N(C)C(=O)[C@H](CC(C)C)NC(=O)C(C)(C)N(C)C(=O)[C@H](CC(C)C)NC(=O)[C@H](CCc2ccc(C(F)(F)F)c(Cl)c2)NC(=O)CN(C)C(=O)[C@H](Cc2ccc(C(F)(F)F)cc2)N(C)C(=O)CN(C)C(=O)CN(C)C1=O. The highest BCUT2D eigenvalue weighted by Gasteiger charge is 2.43. The fourth-order valence-corrected chi connectivity index (χ4v) is 10.9. The Balaban J connectivity index is 2.27. The predicted octanol–water partition coefficient (Wildman–Crippen LogP) is 6.19. The fraction of sp³-hybridized carbons (Fsp3) is 0.652. The van der Waals surface area contributed by atoms with Crippen LogP contribution in [-0.2, 0) is 77.9 Å². The smallest absolute Gasteiger partial charge is 0.343 e. The van der Waals surface area contributed by atoms with Gasteiger partial charge in [-0.25, -0.2) is 0 Å². The first kappa shape index (κ1) is 81.7. The van der Waals surface area contributed by atoms with Gasteiger partial charge in [0.25, 0.3) is 0 Å². The zero-order chi connectivity index (χ0) is 72.7. The van der Waals surface area contributed by atoms with Gasteiger partial charge in [-0.2, -0.15) is 26.3 Å². The summed E-state index contributed by atoms with van der Waals surface area (Å²) in [7, 11) is 9.13. The van der Waals surface area contributed by atoms with Gasteiger partial charge in [-0.05, 0) is 112 Å². The molecule has 2 aromatic carbocycles. The van der Waals surface area contributed by atoms with Crippen LogP contribution in [0.2, 0.25) is 5.02 Å². The second kappa shape index (κ2) is 34.9. The van der Waals surface area contributed by atoms with Crippen molar-refractivity contribution in [3.05, 3.63) is 69.7 Å². The topological polar surface area (TPSA) is 259 Å². The van der Waals surface area contributed by atoms with Gasteiger partial charge >= 0.3 is 12.4 Å². The number of rotatable bonds is 13. The lowest BCUT2D eigenvalue weighted by Crippen LogP contribution is -2.63. The Hall–Kier alpha value is -7.52. The molecular formula is C66H98ClF6N11O11. The number of hydrogen-bond acceptors (Lipinski definition) is 11. The number of hydrogen-bond donors (Lipinski definition) is 4. The molecule has 1 saturated heterocycles. The molecule has 0 aliphatic carbocycles. The normalized spacial score (nSPS) is 23.3. The van der Waals surface area contributed by atoms with Gasteiger partial charge in [-0.3, -0.25) is 52.7 Å². The first-order valence-corrected chi connectivity index (χ1v) is 32.1. The molecule has 95 heavy (non-hydrogen) atoms. The van der Waals surface area contributed by atoms with Gasteiger partial charge in [-0.1, -0.05) is 91.6 Å². The monoisotopic (exact) mass is 1370 g/mol. The summed E-state index contributed by atoms with van der Waals surface area (Å²) in [4.78, 5) is 166. The van der Waals surface area contributed by atoms with E-state index in [0.29, 0.717) is 6.42 Å². The van der Waals surface area contributed by atoms with Crippen LogP contribution in [0.15, 0.2) is 42.5 Å². The Morgan fingerprint density at radius 1 is 0.547 bits per heavy atom. The molecule has 0 spiro atoms. The molecule has 22 nitrogen and oxygen atoms in total. The number of nitrogens with zero attached hydrogens (tertiary/aromatic N) is 7. The van der Waals surface area contributed by atoms with E-state index in [9.17, 15) is 79.1 Å². The van der Waals surface area contributed by atoms with Crippen LogP contribution in [0.25, 0.3) is 0 Å². The summed E-state index contributed by atoms with van der Waals surface area (Å²) in [5.41, 5.74) is -3.56. The van der Waals surface area contributed by atoms with Crippen LogP contribution in [0, 0.1) is 23.7 Å². The van der Waals surface area contributed by atoms with Crippen LogP contribution in [0.5, 0.6) is 0 Å². The molecule has 0 unspecified atom stereocenters. The molecular weight excluding hydrogens is 1270 g/mol. The van der Waals surface area contributed by atoms with Crippen LogP contribution in [-0.4, -0.2) is 216 Å². The van der Waals surface area contributed by atoms with Gasteiger partial charge in [0.05, 0.1) is 35.8 Å². The lowest BCUT2D eigenvalue weighted by atomic mass is 9.95. The van der Waals surface area contributed by atoms with Crippen molar-refractivity contribution in [2.45, 2.75) is 188 Å². The standard InChI is InChI=1S/C66H98ClF6N11O11/c1-19-40(8)56-62(94)80(14)35-54(87)78(12)36-55(88)83(17)51(33-43-20-24-44(25-21-43)65(68,69)70)61(93)79(13)34-52(85)74-47(27-23-42-22-26-45(46(67)32-42)66(71,72)73)57(89)75-49(29-38(4)5)60(92)84(18)64(10,11)63(95)76-48(28-37(2)3)59(91)81(15)41(9)31-53(86)82(16)50(30-39(6)7)58(90)77-56/h20-22,24-26,32,37-41,47-51,56H,19,23,27-31,33-36H2,1-18H3,(H,74,85)(H,75,89)(H,76,95)(H,77,90)/t40-,41+,47-,48-,49-,50-,51-,56-/m0/s1. The van der Waals surface area contributed by atoms with E-state index >= 15 is 0 Å². The molecule has 4 N–H and O–H groups in total. The van der Waals surface area contributed by atoms with Crippen molar-refractivity contribution >= 4 is 76.6 Å². The predicted molar refractivity (Wildman–Crippen MR) is 345 cm³/mol. The minimum atomic E-state index is -4.81. The summed E-state index contributed by atoms with van der Waals surface area (Å²) < 4.78 is 82.4. The number of carbonyl (C=O) groups excluding carboxylic acids is 11. The number of likely N-dealkylation sites (N-methyl/N-ethyl adjacent to an activating group) is 7. The number of amides is 11. The summed E-state index contributed by atoms with van der Waals surface area (Å²) in [6.45, 7) is 16.6. The lowest BCUT2D eigenvalue weighted by molar-refractivity contribution is -0.149. The molecule has 0 saturated carbocycles. The molecule has 532 valence electrons. The van der Waals surface area contributed by atoms with Crippen LogP contribution in [0.3, 0.4) is 0 Å². The molecule has 1 heterocycles. The highest BCUT2D eigenvalue weighted by Crippen LogP contribution is 2.35. The maximum absolute atomic E-state index is 14.8. The highest BCUT2D eigenvalue weighted by atomic mass is 35.5. The van der Waals surface area contributed by atoms with Crippen LogP contribution >= 0.6 is 11.6 Å². The Labute approximate surface area is 559 Å². The van der Waals surface area contributed by atoms with E-state index in [4.69, 9.17) is 11.6 Å². The number of aryl methyl sites for hydroxylation is 1. The molecule has 1 fully saturated rings. The second-order valence-electron chi connectivity index (χ2n) is 26.9. The van der Waals surface area contributed by atoms with Crippen molar-refractivity contribution in [2.75, 3.05) is 69.0 Å². The zero-order valence-corrected chi connectivity index (χ0v) is 58.7.